The van der Waals surface area contributed by atoms with E-state index in [0.717, 1.165) is 32.6 Å². The second-order valence-corrected chi connectivity index (χ2v) is 5.72. The molecule has 110 valence electrons. The minimum atomic E-state index is -0.704. The highest BCUT2D eigenvalue weighted by Crippen LogP contribution is 2.18. The Kier molecular flexibility index (Phi) is 5.60. The highest BCUT2D eigenvalue weighted by molar-refractivity contribution is 5.69. The third-order valence-electron chi connectivity index (χ3n) is 4.50. The van der Waals surface area contributed by atoms with Gasteiger partial charge in [-0.05, 0) is 45.4 Å². The lowest BCUT2D eigenvalue weighted by Gasteiger charge is -2.37. The van der Waals surface area contributed by atoms with Gasteiger partial charge < -0.3 is 10.0 Å². The zero-order chi connectivity index (χ0) is 13.7. The summed E-state index contributed by atoms with van der Waals surface area (Å²) in [6, 6.07) is 0.715. The van der Waals surface area contributed by atoms with Gasteiger partial charge in [-0.15, -0.1) is 0 Å². The lowest BCUT2D eigenvalue weighted by Crippen LogP contribution is -2.46. The molecule has 0 spiro atoms. The van der Waals surface area contributed by atoms with E-state index in [4.69, 9.17) is 5.11 Å². The molecule has 2 fully saturated rings. The number of nitrogens with zero attached hydrogens (tertiary/aromatic N) is 3. The highest BCUT2D eigenvalue weighted by atomic mass is 16.4. The molecule has 0 bridgehead atoms. The molecule has 0 amide bonds. The Hall–Kier alpha value is -0.650. The van der Waals surface area contributed by atoms with Crippen molar-refractivity contribution in [3.05, 3.63) is 0 Å². The lowest BCUT2D eigenvalue weighted by atomic mass is 10.0. The van der Waals surface area contributed by atoms with Crippen molar-refractivity contribution in [1.82, 2.24) is 14.7 Å². The third kappa shape index (κ3) is 4.44. The van der Waals surface area contributed by atoms with Crippen LogP contribution in [0.25, 0.3) is 0 Å². The van der Waals surface area contributed by atoms with Crippen LogP contribution in [0, 0.1) is 0 Å². The molecule has 0 aromatic carbocycles. The van der Waals surface area contributed by atoms with Crippen molar-refractivity contribution in [1.29, 1.82) is 0 Å². The Labute approximate surface area is 116 Å². The first-order valence-corrected chi connectivity index (χ1v) is 7.59. The Morgan fingerprint density at radius 2 is 1.79 bits per heavy atom. The van der Waals surface area contributed by atoms with Crippen LogP contribution in [0.4, 0.5) is 0 Å². The number of carboxylic acid groups (broad SMARTS) is 1. The summed E-state index contributed by atoms with van der Waals surface area (Å²) >= 11 is 0. The Balaban J connectivity index is 1.78. The fourth-order valence-electron chi connectivity index (χ4n) is 3.31. The normalized spacial score (nSPS) is 25.3. The number of piperidine rings is 1. The topological polar surface area (TPSA) is 47.0 Å². The fraction of sp³-hybridized carbons (Fsp3) is 0.929. The molecule has 2 rings (SSSR count). The van der Waals surface area contributed by atoms with Crippen LogP contribution in [-0.4, -0.2) is 84.2 Å². The molecule has 0 aromatic rings. The van der Waals surface area contributed by atoms with Crippen molar-refractivity contribution >= 4 is 5.97 Å². The van der Waals surface area contributed by atoms with Crippen LogP contribution in [0.15, 0.2) is 0 Å². The van der Waals surface area contributed by atoms with Crippen LogP contribution in [0.2, 0.25) is 0 Å². The van der Waals surface area contributed by atoms with Crippen LogP contribution in [0.1, 0.15) is 26.2 Å². The van der Waals surface area contributed by atoms with E-state index in [-0.39, 0.29) is 6.54 Å². The van der Waals surface area contributed by atoms with Gasteiger partial charge in [-0.2, -0.15) is 0 Å². The minimum absolute atomic E-state index is 0.197. The van der Waals surface area contributed by atoms with Crippen LogP contribution in [-0.2, 0) is 4.79 Å². The summed E-state index contributed by atoms with van der Waals surface area (Å²) in [5.74, 6) is -0.704. The van der Waals surface area contributed by atoms with Crippen LogP contribution in [0.5, 0.6) is 0 Å². The number of carbonyl (C=O) groups is 1. The third-order valence-corrected chi connectivity index (χ3v) is 4.50. The summed E-state index contributed by atoms with van der Waals surface area (Å²) in [7, 11) is 0. The van der Waals surface area contributed by atoms with Crippen LogP contribution >= 0.6 is 0 Å². The predicted octanol–water partition coefficient (Wildman–Crippen LogP) is 0.563. The maximum atomic E-state index is 10.8. The van der Waals surface area contributed by atoms with Gasteiger partial charge in [0.25, 0.3) is 0 Å². The summed E-state index contributed by atoms with van der Waals surface area (Å²) < 4.78 is 0. The van der Waals surface area contributed by atoms with Crippen molar-refractivity contribution in [2.24, 2.45) is 0 Å². The quantitative estimate of drug-likeness (QED) is 0.808. The molecule has 2 aliphatic heterocycles. The first-order chi connectivity index (χ1) is 9.19. The first-order valence-electron chi connectivity index (χ1n) is 7.59. The molecule has 0 aliphatic carbocycles. The summed E-state index contributed by atoms with van der Waals surface area (Å²) in [5.41, 5.74) is 0. The second-order valence-electron chi connectivity index (χ2n) is 5.72. The van der Waals surface area contributed by atoms with E-state index in [1.165, 1.54) is 32.5 Å². The van der Waals surface area contributed by atoms with Gasteiger partial charge in [0.2, 0.25) is 0 Å². The number of likely N-dealkylation sites (tertiary alicyclic amines) is 1. The van der Waals surface area contributed by atoms with Gasteiger partial charge in [-0.3, -0.25) is 14.6 Å². The molecule has 0 aromatic heterocycles. The smallest absolute Gasteiger partial charge is 0.317 e. The van der Waals surface area contributed by atoms with Crippen molar-refractivity contribution in [3.8, 4) is 0 Å². The van der Waals surface area contributed by atoms with E-state index in [0.29, 0.717) is 6.04 Å². The molecule has 5 nitrogen and oxygen atoms in total. The van der Waals surface area contributed by atoms with Gasteiger partial charge in [0.1, 0.15) is 0 Å². The number of hydrogen-bond acceptors (Lipinski definition) is 4. The highest BCUT2D eigenvalue weighted by Gasteiger charge is 2.26. The molecule has 0 saturated carbocycles. The maximum absolute atomic E-state index is 10.8. The van der Waals surface area contributed by atoms with Crippen molar-refractivity contribution in [3.63, 3.8) is 0 Å². The standard InChI is InChI=1S/C14H27N3O2/c1-2-15-8-4-13(5-9-15)17-7-3-6-16(10-11-17)12-14(18)19/h13H,2-12H2,1H3,(H,18,19). The monoisotopic (exact) mass is 269 g/mol. The van der Waals surface area contributed by atoms with Gasteiger partial charge in [-0.25, -0.2) is 0 Å². The van der Waals surface area contributed by atoms with Crippen LogP contribution < -0.4 is 0 Å². The van der Waals surface area contributed by atoms with Crippen molar-refractivity contribution in [2.75, 3.05) is 52.4 Å². The molecule has 0 atom stereocenters. The van der Waals surface area contributed by atoms with Crippen LogP contribution in [0.3, 0.4) is 0 Å². The largest absolute Gasteiger partial charge is 0.480 e. The molecule has 5 heteroatoms. The molecular weight excluding hydrogens is 242 g/mol. The Bertz CT molecular complexity index is 290. The zero-order valence-corrected chi connectivity index (χ0v) is 12.1. The summed E-state index contributed by atoms with van der Waals surface area (Å²) in [6.45, 7) is 10.0. The summed E-state index contributed by atoms with van der Waals surface area (Å²) in [4.78, 5) is 18.0. The molecule has 2 saturated heterocycles. The maximum Gasteiger partial charge on any atom is 0.317 e. The predicted molar refractivity (Wildman–Crippen MR) is 75.4 cm³/mol. The average molecular weight is 269 g/mol. The number of hydrogen-bond donors (Lipinski definition) is 1. The lowest BCUT2D eigenvalue weighted by molar-refractivity contribution is -0.138. The van der Waals surface area contributed by atoms with Crippen molar-refractivity contribution < 1.29 is 9.90 Å². The molecule has 1 N–H and O–H groups in total. The Morgan fingerprint density at radius 1 is 1.05 bits per heavy atom. The molecule has 2 heterocycles. The first kappa shape index (κ1) is 14.8. The van der Waals surface area contributed by atoms with Gasteiger partial charge in [0, 0.05) is 25.7 Å². The van der Waals surface area contributed by atoms with Gasteiger partial charge in [-0.1, -0.05) is 6.92 Å². The van der Waals surface area contributed by atoms with E-state index in [9.17, 15) is 4.79 Å². The summed E-state index contributed by atoms with van der Waals surface area (Å²) in [5, 5.41) is 8.87. The SMILES string of the molecule is CCN1CCC(N2CCCN(CC(=O)O)CC2)CC1. The van der Waals surface area contributed by atoms with E-state index >= 15 is 0 Å². The average Bonchev–Trinajstić information content (AvgIpc) is 2.64. The molecule has 0 unspecified atom stereocenters. The van der Waals surface area contributed by atoms with E-state index < -0.39 is 5.97 Å². The molecule has 0 radical (unpaired) electrons. The zero-order valence-electron chi connectivity index (χ0n) is 12.1. The summed E-state index contributed by atoms with van der Waals surface area (Å²) in [6.07, 6.45) is 3.64. The van der Waals surface area contributed by atoms with E-state index in [1.807, 2.05) is 0 Å². The molecule has 2 aliphatic rings. The van der Waals surface area contributed by atoms with E-state index in [2.05, 4.69) is 21.6 Å². The van der Waals surface area contributed by atoms with Gasteiger partial charge in [0.05, 0.1) is 6.54 Å². The van der Waals surface area contributed by atoms with Gasteiger partial charge in [0.15, 0.2) is 0 Å². The second kappa shape index (κ2) is 7.22. The number of carboxylic acids is 1. The molecule has 19 heavy (non-hydrogen) atoms. The fourth-order valence-corrected chi connectivity index (χ4v) is 3.31. The van der Waals surface area contributed by atoms with Gasteiger partial charge >= 0.3 is 5.97 Å². The number of rotatable bonds is 4. The number of aliphatic carboxylic acids is 1. The minimum Gasteiger partial charge on any atom is -0.480 e. The van der Waals surface area contributed by atoms with E-state index in [1.54, 1.807) is 0 Å². The molecular formula is C14H27N3O2. The van der Waals surface area contributed by atoms with Crippen molar-refractivity contribution in [2.45, 2.75) is 32.2 Å². The Morgan fingerprint density at radius 3 is 2.42 bits per heavy atom.